The molecule has 0 aliphatic heterocycles. The molecule has 0 spiro atoms. The van der Waals surface area contributed by atoms with Gasteiger partial charge in [0.25, 0.3) is 0 Å². The molecule has 0 bridgehead atoms. The Morgan fingerprint density at radius 1 is 1.22 bits per heavy atom. The lowest BCUT2D eigenvalue weighted by atomic mass is 10.1. The lowest BCUT2D eigenvalue weighted by Crippen LogP contribution is -2.40. The van der Waals surface area contributed by atoms with Crippen LogP contribution in [0.3, 0.4) is 0 Å². The van der Waals surface area contributed by atoms with Crippen molar-refractivity contribution in [2.24, 2.45) is 5.92 Å². The number of nitrogens with one attached hydrogen (secondary N) is 1. The molecule has 4 heteroatoms. The van der Waals surface area contributed by atoms with Gasteiger partial charge in [0, 0.05) is 26.2 Å². The van der Waals surface area contributed by atoms with E-state index in [-0.39, 0.29) is 18.1 Å². The van der Waals surface area contributed by atoms with Crippen molar-refractivity contribution in [1.29, 1.82) is 0 Å². The van der Waals surface area contributed by atoms with Crippen LogP contribution < -0.4 is 5.32 Å². The molecule has 108 valence electrons. The number of likely N-dealkylation sites (N-methyl/N-ethyl adjacent to an activating group) is 1. The summed E-state index contributed by atoms with van der Waals surface area (Å²) in [5.41, 5.74) is 0. The summed E-state index contributed by atoms with van der Waals surface area (Å²) in [6.07, 6.45) is 0.408. The van der Waals surface area contributed by atoms with E-state index in [0.717, 1.165) is 19.6 Å². The second-order valence-corrected chi connectivity index (χ2v) is 5.53. The SMILES string of the molecule is CCN(CC(C)C)CC(CC(=O)NC(C)C)OC. The van der Waals surface area contributed by atoms with Gasteiger partial charge in [0.1, 0.15) is 0 Å². The smallest absolute Gasteiger partial charge is 0.222 e. The first kappa shape index (κ1) is 17.4. The fourth-order valence-electron chi connectivity index (χ4n) is 1.95. The van der Waals surface area contributed by atoms with Crippen LogP contribution in [0.5, 0.6) is 0 Å². The molecule has 0 heterocycles. The molecule has 0 saturated heterocycles. The van der Waals surface area contributed by atoms with Crippen LogP contribution in [0, 0.1) is 5.92 Å². The van der Waals surface area contributed by atoms with Gasteiger partial charge in [-0.05, 0) is 26.3 Å². The molecule has 0 aliphatic rings. The van der Waals surface area contributed by atoms with Crippen LogP contribution in [-0.4, -0.2) is 49.7 Å². The summed E-state index contributed by atoms with van der Waals surface area (Å²) in [6, 6.07) is 0.188. The average Bonchev–Trinajstić information content (AvgIpc) is 2.25. The van der Waals surface area contributed by atoms with E-state index < -0.39 is 0 Å². The van der Waals surface area contributed by atoms with Crippen molar-refractivity contribution >= 4 is 5.91 Å². The fraction of sp³-hybridized carbons (Fsp3) is 0.929. The maximum atomic E-state index is 11.7. The van der Waals surface area contributed by atoms with Crippen LogP contribution in [0.4, 0.5) is 0 Å². The van der Waals surface area contributed by atoms with E-state index in [1.807, 2.05) is 13.8 Å². The molecule has 0 radical (unpaired) electrons. The van der Waals surface area contributed by atoms with Crippen LogP contribution in [0.1, 0.15) is 41.0 Å². The van der Waals surface area contributed by atoms with E-state index in [1.54, 1.807) is 7.11 Å². The Balaban J connectivity index is 4.19. The lowest BCUT2D eigenvalue weighted by Gasteiger charge is -2.27. The second kappa shape index (κ2) is 9.34. The number of carbonyl (C=O) groups is 1. The van der Waals surface area contributed by atoms with Crippen LogP contribution in [0.25, 0.3) is 0 Å². The van der Waals surface area contributed by atoms with Gasteiger partial charge in [0.2, 0.25) is 5.91 Å². The van der Waals surface area contributed by atoms with Crippen LogP contribution in [0.2, 0.25) is 0 Å². The van der Waals surface area contributed by atoms with Gasteiger partial charge in [0.15, 0.2) is 0 Å². The summed E-state index contributed by atoms with van der Waals surface area (Å²) in [5, 5.41) is 2.90. The van der Waals surface area contributed by atoms with E-state index in [2.05, 4.69) is 31.0 Å². The summed E-state index contributed by atoms with van der Waals surface area (Å²) < 4.78 is 5.41. The van der Waals surface area contributed by atoms with Crippen LogP contribution >= 0.6 is 0 Å². The molecule has 1 atom stereocenters. The highest BCUT2D eigenvalue weighted by atomic mass is 16.5. The van der Waals surface area contributed by atoms with Gasteiger partial charge in [-0.15, -0.1) is 0 Å². The number of nitrogens with zero attached hydrogens (tertiary/aromatic N) is 1. The standard InChI is InChI=1S/C14H30N2O2/c1-7-16(9-11(2)3)10-13(18-6)8-14(17)15-12(4)5/h11-13H,7-10H2,1-6H3,(H,15,17). The summed E-state index contributed by atoms with van der Waals surface area (Å²) in [4.78, 5) is 14.0. The number of ether oxygens (including phenoxy) is 1. The van der Waals surface area contributed by atoms with Gasteiger partial charge in [0.05, 0.1) is 12.5 Å². The first-order valence-corrected chi connectivity index (χ1v) is 6.93. The van der Waals surface area contributed by atoms with Gasteiger partial charge in [-0.3, -0.25) is 4.79 Å². The minimum atomic E-state index is -0.0255. The first-order valence-electron chi connectivity index (χ1n) is 6.93. The molecule has 0 aromatic rings. The second-order valence-electron chi connectivity index (χ2n) is 5.53. The highest BCUT2D eigenvalue weighted by Gasteiger charge is 2.17. The van der Waals surface area contributed by atoms with Crippen molar-refractivity contribution < 1.29 is 9.53 Å². The molecule has 4 nitrogen and oxygen atoms in total. The molecule has 0 fully saturated rings. The van der Waals surface area contributed by atoms with E-state index in [9.17, 15) is 4.79 Å². The van der Waals surface area contributed by atoms with Crippen molar-refractivity contribution in [1.82, 2.24) is 10.2 Å². The number of rotatable bonds is 9. The Labute approximate surface area is 112 Å². The van der Waals surface area contributed by atoms with Gasteiger partial charge >= 0.3 is 0 Å². The monoisotopic (exact) mass is 258 g/mol. The number of hydrogen-bond acceptors (Lipinski definition) is 3. The third-order valence-electron chi connectivity index (χ3n) is 2.73. The van der Waals surface area contributed by atoms with E-state index >= 15 is 0 Å². The van der Waals surface area contributed by atoms with Crippen molar-refractivity contribution in [3.8, 4) is 0 Å². The molecular weight excluding hydrogens is 228 g/mol. The first-order chi connectivity index (χ1) is 8.38. The van der Waals surface area contributed by atoms with Crippen LogP contribution in [-0.2, 0) is 9.53 Å². The summed E-state index contributed by atoms with van der Waals surface area (Å²) in [5.74, 6) is 0.699. The van der Waals surface area contributed by atoms with Crippen molar-refractivity contribution in [3.63, 3.8) is 0 Å². The molecule has 0 rings (SSSR count). The van der Waals surface area contributed by atoms with Crippen molar-refractivity contribution in [2.75, 3.05) is 26.7 Å². The van der Waals surface area contributed by atoms with Gasteiger partial charge in [-0.25, -0.2) is 0 Å². The minimum Gasteiger partial charge on any atom is -0.380 e. The zero-order chi connectivity index (χ0) is 14.1. The Kier molecular flexibility index (Phi) is 9.02. The zero-order valence-corrected chi connectivity index (χ0v) is 12.8. The Bertz CT molecular complexity index is 230. The molecule has 0 aromatic heterocycles. The molecule has 18 heavy (non-hydrogen) atoms. The molecular formula is C14H30N2O2. The van der Waals surface area contributed by atoms with Gasteiger partial charge in [-0.2, -0.15) is 0 Å². The van der Waals surface area contributed by atoms with E-state index in [1.165, 1.54) is 0 Å². The zero-order valence-electron chi connectivity index (χ0n) is 12.8. The van der Waals surface area contributed by atoms with Crippen molar-refractivity contribution in [2.45, 2.75) is 53.2 Å². The third kappa shape index (κ3) is 8.48. The van der Waals surface area contributed by atoms with Gasteiger partial charge in [-0.1, -0.05) is 20.8 Å². The predicted octanol–water partition coefficient (Wildman–Crippen LogP) is 1.89. The fourth-order valence-corrected chi connectivity index (χ4v) is 1.95. The Morgan fingerprint density at radius 2 is 1.83 bits per heavy atom. The minimum absolute atomic E-state index is 0.0255. The summed E-state index contributed by atoms with van der Waals surface area (Å²) in [6.45, 7) is 13.3. The quantitative estimate of drug-likeness (QED) is 0.687. The summed E-state index contributed by atoms with van der Waals surface area (Å²) in [7, 11) is 1.68. The maximum Gasteiger partial charge on any atom is 0.222 e. The van der Waals surface area contributed by atoms with Gasteiger partial charge < -0.3 is 15.0 Å². The van der Waals surface area contributed by atoms with Crippen LogP contribution in [0.15, 0.2) is 0 Å². The number of methoxy groups -OCH3 is 1. The Hall–Kier alpha value is -0.610. The largest absolute Gasteiger partial charge is 0.380 e. The Morgan fingerprint density at radius 3 is 2.22 bits per heavy atom. The van der Waals surface area contributed by atoms with Crippen molar-refractivity contribution in [3.05, 3.63) is 0 Å². The topological polar surface area (TPSA) is 41.6 Å². The average molecular weight is 258 g/mol. The third-order valence-corrected chi connectivity index (χ3v) is 2.73. The number of carbonyl (C=O) groups excluding carboxylic acids is 1. The molecule has 1 unspecified atom stereocenters. The number of hydrogen-bond donors (Lipinski definition) is 1. The van der Waals surface area contributed by atoms with E-state index in [0.29, 0.717) is 12.3 Å². The molecule has 1 amide bonds. The molecule has 1 N–H and O–H groups in total. The normalized spacial score (nSPS) is 13.4. The summed E-state index contributed by atoms with van der Waals surface area (Å²) >= 11 is 0. The molecule has 0 aliphatic carbocycles. The predicted molar refractivity (Wildman–Crippen MR) is 75.6 cm³/mol. The van der Waals surface area contributed by atoms with E-state index in [4.69, 9.17) is 4.74 Å². The number of amides is 1. The highest BCUT2D eigenvalue weighted by molar-refractivity contribution is 5.76. The molecule has 0 saturated carbocycles. The highest BCUT2D eigenvalue weighted by Crippen LogP contribution is 2.05. The maximum absolute atomic E-state index is 11.7. The molecule has 0 aromatic carbocycles. The lowest BCUT2D eigenvalue weighted by molar-refractivity contribution is -0.124.